The third-order valence-corrected chi connectivity index (χ3v) is 3.14. The summed E-state index contributed by atoms with van der Waals surface area (Å²) in [5.74, 6) is 0.762. The molecule has 0 heterocycles. The van der Waals surface area contributed by atoms with Crippen molar-refractivity contribution in [1.82, 2.24) is 0 Å². The molecule has 0 aliphatic carbocycles. The SMILES string of the molecule is COc1ccc(C=O)c(-c2c(C)cccc2C)c1. The van der Waals surface area contributed by atoms with E-state index in [1.54, 1.807) is 19.2 Å². The summed E-state index contributed by atoms with van der Waals surface area (Å²) in [6.45, 7) is 4.10. The molecule has 0 unspecified atom stereocenters. The normalized spacial score (nSPS) is 10.2. The van der Waals surface area contributed by atoms with Crippen LogP contribution in [-0.4, -0.2) is 13.4 Å². The molecule has 0 N–H and O–H groups in total. The quantitative estimate of drug-likeness (QED) is 0.763. The molecule has 2 nitrogen and oxygen atoms in total. The number of hydrogen-bond acceptors (Lipinski definition) is 2. The summed E-state index contributed by atoms with van der Waals surface area (Å²) in [6, 6.07) is 11.6. The van der Waals surface area contributed by atoms with Crippen molar-refractivity contribution in [3.05, 3.63) is 53.1 Å². The number of carbonyl (C=O) groups is 1. The first-order valence-corrected chi connectivity index (χ1v) is 5.87. The summed E-state index contributed by atoms with van der Waals surface area (Å²) in [7, 11) is 1.63. The van der Waals surface area contributed by atoms with Gasteiger partial charge in [-0.3, -0.25) is 4.79 Å². The molecule has 2 aromatic carbocycles. The molecule has 0 saturated carbocycles. The molecule has 2 heteroatoms. The number of aryl methyl sites for hydroxylation is 2. The van der Waals surface area contributed by atoms with Gasteiger partial charge in [-0.15, -0.1) is 0 Å². The highest BCUT2D eigenvalue weighted by molar-refractivity contribution is 5.90. The molecule has 0 aliphatic rings. The highest BCUT2D eigenvalue weighted by Crippen LogP contribution is 2.32. The summed E-state index contributed by atoms with van der Waals surface area (Å²) < 4.78 is 5.24. The van der Waals surface area contributed by atoms with Crippen molar-refractivity contribution in [3.63, 3.8) is 0 Å². The molecule has 0 aromatic heterocycles. The molecule has 0 aliphatic heterocycles. The van der Waals surface area contributed by atoms with Crippen LogP contribution in [0.2, 0.25) is 0 Å². The van der Waals surface area contributed by atoms with Crippen LogP contribution in [-0.2, 0) is 0 Å². The minimum absolute atomic E-state index is 0.688. The van der Waals surface area contributed by atoms with E-state index >= 15 is 0 Å². The summed E-state index contributed by atoms with van der Waals surface area (Å²) in [5, 5.41) is 0. The molecular weight excluding hydrogens is 224 g/mol. The number of aldehydes is 1. The number of carbonyl (C=O) groups excluding carboxylic acids is 1. The zero-order valence-corrected chi connectivity index (χ0v) is 10.9. The first-order valence-electron chi connectivity index (χ1n) is 5.87. The monoisotopic (exact) mass is 240 g/mol. The smallest absolute Gasteiger partial charge is 0.150 e. The van der Waals surface area contributed by atoms with Crippen LogP contribution < -0.4 is 4.74 Å². The molecule has 2 aromatic rings. The molecule has 0 saturated heterocycles. The van der Waals surface area contributed by atoms with Crippen LogP contribution in [0.4, 0.5) is 0 Å². The Balaban J connectivity index is 2.72. The Hall–Kier alpha value is -2.09. The fourth-order valence-corrected chi connectivity index (χ4v) is 2.22. The molecule has 2 rings (SSSR count). The van der Waals surface area contributed by atoms with Crippen molar-refractivity contribution in [2.24, 2.45) is 0 Å². The van der Waals surface area contributed by atoms with Crippen molar-refractivity contribution in [3.8, 4) is 16.9 Å². The van der Waals surface area contributed by atoms with E-state index in [0.717, 1.165) is 34.3 Å². The van der Waals surface area contributed by atoms with Gasteiger partial charge in [0.2, 0.25) is 0 Å². The van der Waals surface area contributed by atoms with Gasteiger partial charge in [0, 0.05) is 5.56 Å². The second-order valence-electron chi connectivity index (χ2n) is 4.34. The predicted molar refractivity (Wildman–Crippen MR) is 73.3 cm³/mol. The number of methoxy groups -OCH3 is 1. The maximum absolute atomic E-state index is 11.2. The van der Waals surface area contributed by atoms with Crippen molar-refractivity contribution < 1.29 is 9.53 Å². The van der Waals surface area contributed by atoms with Gasteiger partial charge in [-0.25, -0.2) is 0 Å². The Bertz CT molecular complexity index is 565. The van der Waals surface area contributed by atoms with Crippen LogP contribution >= 0.6 is 0 Å². The Kier molecular flexibility index (Phi) is 3.47. The highest BCUT2D eigenvalue weighted by Gasteiger charge is 2.11. The van der Waals surface area contributed by atoms with E-state index in [2.05, 4.69) is 26.0 Å². The van der Waals surface area contributed by atoms with Crippen molar-refractivity contribution in [2.45, 2.75) is 13.8 Å². The Labute approximate surface area is 107 Å². The van der Waals surface area contributed by atoms with Crippen molar-refractivity contribution in [1.29, 1.82) is 0 Å². The van der Waals surface area contributed by atoms with E-state index in [1.165, 1.54) is 0 Å². The average molecular weight is 240 g/mol. The fraction of sp³-hybridized carbons (Fsp3) is 0.188. The van der Waals surface area contributed by atoms with Gasteiger partial charge in [-0.2, -0.15) is 0 Å². The van der Waals surface area contributed by atoms with E-state index in [4.69, 9.17) is 4.74 Å². The molecule has 0 amide bonds. The third kappa shape index (κ3) is 2.14. The summed E-state index contributed by atoms with van der Waals surface area (Å²) in [5.41, 5.74) is 5.05. The predicted octanol–water partition coefficient (Wildman–Crippen LogP) is 3.79. The zero-order valence-electron chi connectivity index (χ0n) is 10.9. The van der Waals surface area contributed by atoms with Crippen LogP contribution in [0.3, 0.4) is 0 Å². The molecule has 0 atom stereocenters. The Morgan fingerprint density at radius 1 is 1.06 bits per heavy atom. The molecule has 0 bridgehead atoms. The number of benzene rings is 2. The number of rotatable bonds is 3. The maximum Gasteiger partial charge on any atom is 0.150 e. The minimum Gasteiger partial charge on any atom is -0.497 e. The summed E-state index contributed by atoms with van der Waals surface area (Å²) in [4.78, 5) is 11.2. The van der Waals surface area contributed by atoms with Crippen molar-refractivity contribution >= 4 is 6.29 Å². The second-order valence-corrected chi connectivity index (χ2v) is 4.34. The van der Waals surface area contributed by atoms with E-state index in [0.29, 0.717) is 5.56 Å². The molecule has 92 valence electrons. The minimum atomic E-state index is 0.688. The van der Waals surface area contributed by atoms with Gasteiger partial charge in [-0.05, 0) is 54.3 Å². The van der Waals surface area contributed by atoms with E-state index in [1.807, 2.05) is 12.1 Å². The lowest BCUT2D eigenvalue weighted by atomic mass is 9.92. The molecular formula is C16H16O2. The van der Waals surface area contributed by atoms with E-state index in [9.17, 15) is 4.79 Å². The van der Waals surface area contributed by atoms with Crippen LogP contribution in [0.15, 0.2) is 36.4 Å². The first kappa shape index (κ1) is 12.4. The van der Waals surface area contributed by atoms with Crippen LogP contribution in [0.1, 0.15) is 21.5 Å². The van der Waals surface area contributed by atoms with Gasteiger partial charge >= 0.3 is 0 Å². The van der Waals surface area contributed by atoms with Gasteiger partial charge in [0.15, 0.2) is 6.29 Å². The van der Waals surface area contributed by atoms with E-state index < -0.39 is 0 Å². The van der Waals surface area contributed by atoms with Crippen LogP contribution in [0.25, 0.3) is 11.1 Å². The number of ether oxygens (including phenoxy) is 1. The van der Waals surface area contributed by atoms with Gasteiger partial charge in [0.1, 0.15) is 5.75 Å². The molecule has 18 heavy (non-hydrogen) atoms. The zero-order chi connectivity index (χ0) is 13.1. The highest BCUT2D eigenvalue weighted by atomic mass is 16.5. The first-order chi connectivity index (χ1) is 8.67. The third-order valence-electron chi connectivity index (χ3n) is 3.14. The van der Waals surface area contributed by atoms with Crippen molar-refractivity contribution in [2.75, 3.05) is 7.11 Å². The van der Waals surface area contributed by atoms with Crippen LogP contribution in [0.5, 0.6) is 5.75 Å². The molecule has 0 fully saturated rings. The van der Waals surface area contributed by atoms with Crippen LogP contribution in [0, 0.1) is 13.8 Å². The fourth-order valence-electron chi connectivity index (χ4n) is 2.22. The van der Waals surface area contributed by atoms with E-state index in [-0.39, 0.29) is 0 Å². The lowest BCUT2D eigenvalue weighted by molar-refractivity contribution is 0.112. The lowest BCUT2D eigenvalue weighted by Crippen LogP contribution is -1.94. The van der Waals surface area contributed by atoms with Gasteiger partial charge in [0.25, 0.3) is 0 Å². The summed E-state index contributed by atoms with van der Waals surface area (Å²) in [6.07, 6.45) is 0.890. The maximum atomic E-state index is 11.2. The average Bonchev–Trinajstić information content (AvgIpc) is 2.38. The molecule has 0 radical (unpaired) electrons. The standard InChI is InChI=1S/C16H16O2/c1-11-5-4-6-12(2)16(11)15-9-14(18-3)8-7-13(15)10-17/h4-10H,1-3H3. The van der Waals surface area contributed by atoms with Gasteiger partial charge < -0.3 is 4.74 Å². The molecule has 0 spiro atoms. The lowest BCUT2D eigenvalue weighted by Gasteiger charge is -2.13. The van der Waals surface area contributed by atoms with Gasteiger partial charge in [-0.1, -0.05) is 18.2 Å². The summed E-state index contributed by atoms with van der Waals surface area (Å²) >= 11 is 0. The largest absolute Gasteiger partial charge is 0.497 e. The topological polar surface area (TPSA) is 26.3 Å². The second kappa shape index (κ2) is 5.05. The Morgan fingerprint density at radius 3 is 2.28 bits per heavy atom. The number of hydrogen-bond donors (Lipinski definition) is 0. The Morgan fingerprint density at radius 2 is 1.72 bits per heavy atom. The van der Waals surface area contributed by atoms with Gasteiger partial charge in [0.05, 0.1) is 7.11 Å².